The van der Waals surface area contributed by atoms with Crippen molar-refractivity contribution in [1.82, 2.24) is 14.5 Å². The Morgan fingerprint density at radius 3 is 2.94 bits per heavy atom. The van der Waals surface area contributed by atoms with Crippen LogP contribution in [0.5, 0.6) is 0 Å². The number of H-pyrrole nitrogens is 1. The van der Waals surface area contributed by atoms with Crippen LogP contribution in [0.4, 0.5) is 0 Å². The van der Waals surface area contributed by atoms with Gasteiger partial charge in [-0.15, -0.1) is 0 Å². The molecule has 3 unspecified atom stereocenters. The average molecular weight is 261 g/mol. The summed E-state index contributed by atoms with van der Waals surface area (Å²) in [6.45, 7) is 4.70. The van der Waals surface area contributed by atoms with Crippen molar-refractivity contribution in [2.45, 2.75) is 39.2 Å². The molecule has 1 saturated carbocycles. The van der Waals surface area contributed by atoms with Crippen LogP contribution in [-0.2, 0) is 0 Å². The monoisotopic (exact) mass is 261 g/mol. The molecule has 2 heterocycles. The first-order chi connectivity index (χ1) is 8.66. The lowest BCUT2D eigenvalue weighted by molar-refractivity contribution is 0.212. The van der Waals surface area contributed by atoms with Gasteiger partial charge in [0, 0.05) is 12.2 Å². The fourth-order valence-corrected chi connectivity index (χ4v) is 3.40. The maximum Gasteiger partial charge on any atom is 0.179 e. The highest BCUT2D eigenvalue weighted by molar-refractivity contribution is 7.71. The van der Waals surface area contributed by atoms with E-state index >= 15 is 0 Å². The van der Waals surface area contributed by atoms with Crippen LogP contribution in [0.25, 0.3) is 11.2 Å². The summed E-state index contributed by atoms with van der Waals surface area (Å²) in [7, 11) is 0. The van der Waals surface area contributed by atoms with Crippen molar-refractivity contribution in [3.63, 3.8) is 0 Å². The van der Waals surface area contributed by atoms with Crippen molar-refractivity contribution >= 4 is 23.4 Å². The van der Waals surface area contributed by atoms with Crippen LogP contribution in [-0.4, -0.2) is 14.5 Å². The molecule has 3 nitrogen and oxygen atoms in total. The lowest BCUT2D eigenvalue weighted by atomic mass is 9.79. The highest BCUT2D eigenvalue weighted by atomic mass is 32.1. The predicted octanol–water partition coefficient (Wildman–Crippen LogP) is 4.09. The lowest BCUT2D eigenvalue weighted by Gasteiger charge is -2.32. The highest BCUT2D eigenvalue weighted by Crippen LogP contribution is 2.37. The van der Waals surface area contributed by atoms with Crippen LogP contribution in [0, 0.1) is 16.6 Å². The molecule has 1 N–H and O–H groups in total. The lowest BCUT2D eigenvalue weighted by Crippen LogP contribution is -2.23. The molecule has 0 aliphatic heterocycles. The Bertz CT molecular complexity index is 613. The maximum absolute atomic E-state index is 5.47. The zero-order valence-corrected chi connectivity index (χ0v) is 11.7. The van der Waals surface area contributed by atoms with Gasteiger partial charge in [-0.25, -0.2) is 4.98 Å². The second-order valence-corrected chi connectivity index (χ2v) is 5.98. The molecule has 3 atom stereocenters. The van der Waals surface area contributed by atoms with Gasteiger partial charge >= 0.3 is 0 Å². The standard InChI is InChI=1S/C14H19N3S/c1-9-5-6-11(8-10(9)2)17-13-12(16-14(17)18)4-3-7-15-13/h3-4,7,9-11H,5-6,8H2,1-2H3,(H,16,18). The zero-order chi connectivity index (χ0) is 12.7. The minimum absolute atomic E-state index is 0.507. The number of nitrogens with zero attached hydrogens (tertiary/aromatic N) is 2. The Labute approximate surface area is 112 Å². The molecule has 0 saturated heterocycles. The molecular weight excluding hydrogens is 242 g/mol. The molecule has 0 bridgehead atoms. The second-order valence-electron chi connectivity index (χ2n) is 5.60. The largest absolute Gasteiger partial charge is 0.329 e. The first-order valence-electron chi connectivity index (χ1n) is 6.72. The summed E-state index contributed by atoms with van der Waals surface area (Å²) in [6.07, 6.45) is 5.55. The Kier molecular flexibility index (Phi) is 2.98. The first kappa shape index (κ1) is 11.9. The minimum Gasteiger partial charge on any atom is -0.329 e. The van der Waals surface area contributed by atoms with Gasteiger partial charge < -0.3 is 4.98 Å². The van der Waals surface area contributed by atoms with E-state index in [0.29, 0.717) is 6.04 Å². The number of hydrogen-bond acceptors (Lipinski definition) is 2. The molecular formula is C14H19N3S. The van der Waals surface area contributed by atoms with Crippen molar-refractivity contribution < 1.29 is 0 Å². The minimum atomic E-state index is 0.507. The van der Waals surface area contributed by atoms with Gasteiger partial charge in [-0.2, -0.15) is 0 Å². The summed E-state index contributed by atoms with van der Waals surface area (Å²) >= 11 is 5.47. The number of nitrogens with one attached hydrogen (secondary N) is 1. The Morgan fingerprint density at radius 1 is 1.33 bits per heavy atom. The number of aromatic nitrogens is 3. The molecule has 0 amide bonds. The van der Waals surface area contributed by atoms with E-state index in [-0.39, 0.29) is 0 Å². The predicted molar refractivity (Wildman–Crippen MR) is 76.1 cm³/mol. The van der Waals surface area contributed by atoms with E-state index in [0.717, 1.165) is 27.8 Å². The van der Waals surface area contributed by atoms with Crippen molar-refractivity contribution in [1.29, 1.82) is 0 Å². The fourth-order valence-electron chi connectivity index (χ4n) is 3.05. The number of pyridine rings is 1. The summed E-state index contributed by atoms with van der Waals surface area (Å²) in [5.41, 5.74) is 2.06. The Hall–Kier alpha value is -1.16. The van der Waals surface area contributed by atoms with E-state index in [1.54, 1.807) is 0 Å². The third-order valence-electron chi connectivity index (χ3n) is 4.41. The third-order valence-corrected chi connectivity index (χ3v) is 4.71. The van der Waals surface area contributed by atoms with Crippen LogP contribution >= 0.6 is 12.2 Å². The van der Waals surface area contributed by atoms with Gasteiger partial charge in [-0.1, -0.05) is 13.8 Å². The number of hydrogen-bond donors (Lipinski definition) is 1. The average Bonchev–Trinajstić information content (AvgIpc) is 2.69. The SMILES string of the molecule is CC1CCC(n2c(=S)[nH]c3cccnc32)CC1C. The number of aromatic amines is 1. The Balaban J connectivity index is 2.04. The van der Waals surface area contributed by atoms with Crippen molar-refractivity contribution in [3.8, 4) is 0 Å². The van der Waals surface area contributed by atoms with Gasteiger partial charge in [0.2, 0.25) is 0 Å². The molecule has 2 aromatic heterocycles. The van der Waals surface area contributed by atoms with Gasteiger partial charge in [0.1, 0.15) is 0 Å². The highest BCUT2D eigenvalue weighted by Gasteiger charge is 2.27. The number of fused-ring (bicyclic) bond motifs is 1. The van der Waals surface area contributed by atoms with E-state index in [1.807, 2.05) is 18.3 Å². The molecule has 18 heavy (non-hydrogen) atoms. The molecule has 0 aromatic carbocycles. The van der Waals surface area contributed by atoms with Crippen LogP contribution < -0.4 is 0 Å². The summed E-state index contributed by atoms with van der Waals surface area (Å²) in [5, 5.41) is 0. The molecule has 1 aliphatic carbocycles. The Morgan fingerprint density at radius 2 is 2.17 bits per heavy atom. The summed E-state index contributed by atoms with van der Waals surface area (Å²) < 4.78 is 3.04. The normalized spacial score (nSPS) is 28.7. The van der Waals surface area contributed by atoms with E-state index in [1.165, 1.54) is 19.3 Å². The maximum atomic E-state index is 5.47. The van der Waals surface area contributed by atoms with Gasteiger partial charge in [0.15, 0.2) is 10.4 Å². The van der Waals surface area contributed by atoms with Crippen LogP contribution in [0.2, 0.25) is 0 Å². The van der Waals surface area contributed by atoms with Crippen LogP contribution in [0.3, 0.4) is 0 Å². The smallest absolute Gasteiger partial charge is 0.179 e. The van der Waals surface area contributed by atoms with E-state index < -0.39 is 0 Å². The molecule has 0 radical (unpaired) electrons. The summed E-state index contributed by atoms with van der Waals surface area (Å²) in [4.78, 5) is 7.75. The van der Waals surface area contributed by atoms with E-state index in [2.05, 4.69) is 28.4 Å². The molecule has 1 fully saturated rings. The van der Waals surface area contributed by atoms with E-state index in [4.69, 9.17) is 12.2 Å². The molecule has 96 valence electrons. The molecule has 0 spiro atoms. The first-order valence-corrected chi connectivity index (χ1v) is 7.13. The zero-order valence-electron chi connectivity index (χ0n) is 10.9. The summed E-state index contributed by atoms with van der Waals surface area (Å²) in [6, 6.07) is 4.50. The van der Waals surface area contributed by atoms with Crippen LogP contribution in [0.1, 0.15) is 39.2 Å². The molecule has 3 rings (SSSR count). The van der Waals surface area contributed by atoms with Crippen molar-refractivity contribution in [3.05, 3.63) is 23.1 Å². The van der Waals surface area contributed by atoms with Gasteiger partial charge in [-0.05, 0) is 55.4 Å². The molecule has 1 aliphatic rings. The molecule has 2 aromatic rings. The van der Waals surface area contributed by atoms with Crippen LogP contribution in [0.15, 0.2) is 18.3 Å². The van der Waals surface area contributed by atoms with Crippen molar-refractivity contribution in [2.75, 3.05) is 0 Å². The molecule has 4 heteroatoms. The van der Waals surface area contributed by atoms with Gasteiger partial charge in [0.25, 0.3) is 0 Å². The quantitative estimate of drug-likeness (QED) is 0.784. The van der Waals surface area contributed by atoms with Gasteiger partial charge in [-0.3, -0.25) is 4.57 Å². The topological polar surface area (TPSA) is 33.6 Å². The number of imidazole rings is 1. The van der Waals surface area contributed by atoms with E-state index in [9.17, 15) is 0 Å². The fraction of sp³-hybridized carbons (Fsp3) is 0.571. The van der Waals surface area contributed by atoms with Gasteiger partial charge in [0.05, 0.1) is 5.52 Å². The second kappa shape index (κ2) is 4.50. The summed E-state index contributed by atoms with van der Waals surface area (Å²) in [5.74, 6) is 1.59. The third kappa shape index (κ3) is 1.88. The number of rotatable bonds is 1. The van der Waals surface area contributed by atoms with Crippen molar-refractivity contribution in [2.24, 2.45) is 11.8 Å².